The van der Waals surface area contributed by atoms with Crippen molar-refractivity contribution in [3.05, 3.63) is 93.1 Å². The number of aliphatic hydroxyl groups excluding tert-OH is 1. The van der Waals surface area contributed by atoms with Crippen molar-refractivity contribution < 1.29 is 24.2 Å². The van der Waals surface area contributed by atoms with Gasteiger partial charge in [-0.2, -0.15) is 0 Å². The third-order valence-corrected chi connectivity index (χ3v) is 18.9. The van der Waals surface area contributed by atoms with Crippen LogP contribution in [0, 0.1) is 64.1 Å². The van der Waals surface area contributed by atoms with Gasteiger partial charge in [0.05, 0.1) is 17.0 Å². The number of allylic oxidation sites excluding steroid dienone is 5. The Kier molecular flexibility index (Phi) is 6.70. The predicted octanol–water partition coefficient (Wildman–Crippen LogP) is 7.48. The van der Waals surface area contributed by atoms with Crippen molar-refractivity contribution >= 4 is 11.9 Å². The van der Waals surface area contributed by atoms with Crippen LogP contribution in [0.25, 0.3) is 0 Å². The largest absolute Gasteiger partial charge is 0.508 e. The van der Waals surface area contributed by atoms with Gasteiger partial charge in [-0.05, 0) is 130 Å². The van der Waals surface area contributed by atoms with Crippen LogP contribution in [0.4, 0.5) is 0 Å². The summed E-state index contributed by atoms with van der Waals surface area (Å²) in [6, 6.07) is 7.19. The molecule has 16 unspecified atom stereocenters. The van der Waals surface area contributed by atoms with Crippen LogP contribution >= 0.6 is 0 Å². The number of carbonyl (C=O) groups is 2. The van der Waals surface area contributed by atoms with Gasteiger partial charge in [-0.1, -0.05) is 61.9 Å². The summed E-state index contributed by atoms with van der Waals surface area (Å²) in [5.74, 6) is 2.32. The molecule has 5 aliphatic carbocycles. The second-order valence-corrected chi connectivity index (χ2v) is 20.8. The maximum absolute atomic E-state index is 15.8. The topological polar surface area (TPSA) is 105 Å². The summed E-state index contributed by atoms with van der Waals surface area (Å²) in [5.41, 5.74) is 11.2. The van der Waals surface area contributed by atoms with E-state index < -0.39 is 16.4 Å². The lowest BCUT2D eigenvalue weighted by molar-refractivity contribution is -0.281. The molecular weight excluding hydrogens is 711 g/mol. The number of ether oxygens (including phenoxy) is 2. The lowest BCUT2D eigenvalue weighted by Gasteiger charge is -2.73. The Morgan fingerprint density at radius 1 is 1.02 bits per heavy atom. The van der Waals surface area contributed by atoms with E-state index in [0.29, 0.717) is 72.9 Å². The van der Waals surface area contributed by atoms with E-state index in [1.165, 1.54) is 23.1 Å². The molecule has 298 valence electrons. The third-order valence-electron chi connectivity index (χ3n) is 18.9. The second kappa shape index (κ2) is 11.1. The summed E-state index contributed by atoms with van der Waals surface area (Å²) >= 11 is 0. The van der Waals surface area contributed by atoms with E-state index in [0.717, 1.165) is 62.7 Å². The first-order chi connectivity index (χ1) is 27.6. The van der Waals surface area contributed by atoms with E-state index in [-0.39, 0.29) is 53.3 Å². The molecule has 57 heavy (non-hydrogen) atoms. The smallest absolute Gasteiger partial charge is 0.339 e. The predicted molar refractivity (Wildman–Crippen MR) is 214 cm³/mol. The van der Waals surface area contributed by atoms with Gasteiger partial charge in [-0.25, -0.2) is 4.79 Å². The third kappa shape index (κ3) is 3.67. The van der Waals surface area contributed by atoms with Gasteiger partial charge in [0.1, 0.15) is 11.2 Å². The molecule has 5 fully saturated rings. The van der Waals surface area contributed by atoms with Crippen LogP contribution in [0.5, 0.6) is 0 Å². The molecule has 1 aromatic rings. The molecule has 8 nitrogen and oxygen atoms in total. The van der Waals surface area contributed by atoms with Crippen molar-refractivity contribution in [1.29, 1.82) is 0 Å². The Bertz CT molecular complexity index is 2230. The zero-order chi connectivity index (χ0) is 38.5. The van der Waals surface area contributed by atoms with Crippen LogP contribution in [0.1, 0.15) is 100 Å². The average Bonchev–Trinajstić information content (AvgIpc) is 3.66. The quantitative estimate of drug-likeness (QED) is 0.241. The fourth-order valence-electron chi connectivity index (χ4n) is 17.1. The minimum atomic E-state index is -1.13. The molecule has 14 rings (SSSR count). The van der Waals surface area contributed by atoms with E-state index in [1.54, 1.807) is 5.70 Å². The van der Waals surface area contributed by atoms with E-state index in [1.807, 2.05) is 0 Å². The molecule has 8 heterocycles. The number of nitrogens with two attached hydrogens (primary N) is 1. The van der Waals surface area contributed by atoms with E-state index in [4.69, 9.17) is 15.2 Å². The molecule has 1 aromatic carbocycles. The number of rotatable bonds is 3. The summed E-state index contributed by atoms with van der Waals surface area (Å²) in [6.07, 6.45) is 18.8. The molecule has 16 atom stereocenters. The molecule has 3 spiro atoms. The lowest BCUT2D eigenvalue weighted by atomic mass is 9.27. The molecular formula is C49H57N3O5. The van der Waals surface area contributed by atoms with Gasteiger partial charge in [0.15, 0.2) is 11.4 Å². The monoisotopic (exact) mass is 767 g/mol. The van der Waals surface area contributed by atoms with Gasteiger partial charge in [-0.3, -0.25) is 9.69 Å². The lowest BCUT2D eigenvalue weighted by Crippen LogP contribution is -2.78. The normalized spacial score (nSPS) is 48.6. The van der Waals surface area contributed by atoms with Crippen molar-refractivity contribution in [2.45, 2.75) is 109 Å². The number of nitrogens with zero attached hydrogens (tertiary/aromatic N) is 2. The Hall–Kier alpha value is -3.62. The molecule has 8 heteroatoms. The maximum atomic E-state index is 15.8. The zero-order valence-electron chi connectivity index (χ0n) is 33.7. The maximum Gasteiger partial charge on any atom is 0.339 e. The number of hydrogen-bond acceptors (Lipinski definition) is 8. The Labute approximate surface area is 336 Å². The van der Waals surface area contributed by atoms with Crippen LogP contribution in [0.2, 0.25) is 0 Å². The molecule has 3 N–H and O–H groups in total. The standard InChI is InChI=1S/C49H57N3O5/c1-24-9-10-28-21-34-25(2)19-29-11-13-37-30-20-31-23-52(37)42(29)40(34)33-15-16-47-44(43(53)32-12-14-36(31)51(22-30)26(32)3)56-46(55)48(47,41(28)33)38(18-24)49(47)35-8-4-6-27(7-5-17-50)39(35)45(54)57-49/h4,6,8-11,13,24-26,28,30-32,34,36-38,40,53H,5,7,12,14-23,50H2,1-3H3. The number of benzene rings is 1. The molecule has 8 aliphatic heterocycles. The molecule has 10 bridgehead atoms. The zero-order valence-corrected chi connectivity index (χ0v) is 33.7. The van der Waals surface area contributed by atoms with Crippen molar-refractivity contribution in [2.24, 2.45) is 69.8 Å². The number of carbonyl (C=O) groups excluding carboxylic acids is 2. The van der Waals surface area contributed by atoms with Gasteiger partial charge in [0.25, 0.3) is 0 Å². The summed E-state index contributed by atoms with van der Waals surface area (Å²) in [5, 5.41) is 13.2. The van der Waals surface area contributed by atoms with Gasteiger partial charge < -0.3 is 25.2 Å². The van der Waals surface area contributed by atoms with E-state index >= 15 is 4.79 Å². The average molecular weight is 768 g/mol. The van der Waals surface area contributed by atoms with E-state index in [2.05, 4.69) is 73.1 Å². The molecule has 4 saturated heterocycles. The van der Waals surface area contributed by atoms with Crippen LogP contribution < -0.4 is 5.73 Å². The summed E-state index contributed by atoms with van der Waals surface area (Å²) < 4.78 is 14.0. The molecule has 0 amide bonds. The molecule has 0 radical (unpaired) electrons. The number of piperidine rings is 3. The summed E-state index contributed by atoms with van der Waals surface area (Å²) in [4.78, 5) is 36.2. The number of hydrogen-bond donors (Lipinski definition) is 2. The Morgan fingerprint density at radius 3 is 2.75 bits per heavy atom. The summed E-state index contributed by atoms with van der Waals surface area (Å²) in [7, 11) is 0. The highest BCUT2D eigenvalue weighted by Gasteiger charge is 2.94. The van der Waals surface area contributed by atoms with Crippen LogP contribution in [0.3, 0.4) is 0 Å². The highest BCUT2D eigenvalue weighted by molar-refractivity contribution is 6.00. The fourth-order valence-corrected chi connectivity index (χ4v) is 17.1. The number of esters is 2. The van der Waals surface area contributed by atoms with Crippen LogP contribution in [-0.4, -0.2) is 64.6 Å². The highest BCUT2D eigenvalue weighted by Crippen LogP contribution is 2.88. The number of aliphatic hydroxyl groups is 1. The van der Waals surface area contributed by atoms with Crippen molar-refractivity contribution in [1.82, 2.24) is 9.80 Å². The first-order valence-electron chi connectivity index (χ1n) is 22.7. The summed E-state index contributed by atoms with van der Waals surface area (Å²) in [6.45, 7) is 9.73. The van der Waals surface area contributed by atoms with Gasteiger partial charge in [-0.15, -0.1) is 0 Å². The molecule has 13 aliphatic rings. The van der Waals surface area contributed by atoms with E-state index in [9.17, 15) is 9.90 Å². The van der Waals surface area contributed by atoms with Gasteiger partial charge >= 0.3 is 11.9 Å². The Balaban J connectivity index is 1.14. The van der Waals surface area contributed by atoms with Gasteiger partial charge in [0, 0.05) is 54.2 Å². The van der Waals surface area contributed by atoms with Crippen molar-refractivity contribution in [3.8, 4) is 0 Å². The minimum Gasteiger partial charge on any atom is -0.508 e. The number of aryl methyl sites for hydroxylation is 1. The molecule has 0 aromatic heterocycles. The minimum absolute atomic E-state index is 0.0862. The fraction of sp³-hybridized carbons (Fsp3) is 0.633. The van der Waals surface area contributed by atoms with Crippen LogP contribution in [-0.2, 0) is 26.3 Å². The SMILES string of the molecule is CC1C=CC2CC3C(C)CC4=C5C3C3=C2C26C(=O)OC(=C(O)C7CCC8C9CC(CN8C7C)C(C=C4)N5C9)C2(CC3)C2(OC(=O)c3c(CCCN)cccc32)C6C1. The second-order valence-electron chi connectivity index (χ2n) is 20.8. The van der Waals surface area contributed by atoms with Crippen molar-refractivity contribution in [3.63, 3.8) is 0 Å². The highest BCUT2D eigenvalue weighted by atomic mass is 16.6. The number of fused-ring (bicyclic) bond motifs is 4. The van der Waals surface area contributed by atoms with Gasteiger partial charge in [0.2, 0.25) is 0 Å². The Morgan fingerprint density at radius 2 is 1.89 bits per heavy atom. The first-order valence-corrected chi connectivity index (χ1v) is 22.7. The molecule has 1 saturated carbocycles. The van der Waals surface area contributed by atoms with Crippen molar-refractivity contribution in [2.75, 3.05) is 19.6 Å². The first kappa shape index (κ1) is 34.3. The van der Waals surface area contributed by atoms with Crippen LogP contribution in [0.15, 0.2) is 76.4 Å².